The molecule has 154 valence electrons. The summed E-state index contributed by atoms with van der Waals surface area (Å²) in [6.07, 6.45) is 3.03. The monoisotopic (exact) mass is 411 g/mol. The second-order valence-electron chi connectivity index (χ2n) is 8.08. The van der Waals surface area contributed by atoms with Crippen LogP contribution in [-0.4, -0.2) is 11.1 Å². The van der Waals surface area contributed by atoms with E-state index >= 15 is 0 Å². The van der Waals surface area contributed by atoms with Gasteiger partial charge >= 0.3 is 5.97 Å². The molecule has 0 atom stereocenters. The first-order valence-electron chi connectivity index (χ1n) is 10.3. The molecule has 3 aromatic carbocycles. The number of benzene rings is 3. The van der Waals surface area contributed by atoms with Gasteiger partial charge in [0, 0.05) is 11.1 Å². The third kappa shape index (κ3) is 3.14. The van der Waals surface area contributed by atoms with E-state index in [2.05, 4.69) is 0 Å². The van der Waals surface area contributed by atoms with Crippen molar-refractivity contribution in [3.05, 3.63) is 94.1 Å². The van der Waals surface area contributed by atoms with Crippen LogP contribution in [-0.2, 0) is 5.54 Å². The third-order valence-electron chi connectivity index (χ3n) is 6.18. The molecule has 0 aliphatic heterocycles. The molecule has 0 saturated heterocycles. The Bertz CT molecular complexity index is 1350. The number of aromatic carboxylic acids is 1. The summed E-state index contributed by atoms with van der Waals surface area (Å²) in [5.74, 6) is -0.788. The highest BCUT2D eigenvalue weighted by atomic mass is 16.4. The number of hydrogen-bond acceptors (Lipinski definition) is 4. The van der Waals surface area contributed by atoms with Crippen LogP contribution in [0.5, 0.6) is 0 Å². The molecule has 1 saturated carbocycles. The van der Waals surface area contributed by atoms with Crippen LogP contribution in [0.3, 0.4) is 0 Å². The van der Waals surface area contributed by atoms with Gasteiger partial charge < -0.3 is 15.3 Å². The van der Waals surface area contributed by atoms with Crippen LogP contribution in [0.2, 0.25) is 0 Å². The molecular weight excluding hydrogens is 390 g/mol. The molecule has 0 unspecified atom stereocenters. The molecule has 3 N–H and O–H groups in total. The van der Waals surface area contributed by atoms with Crippen LogP contribution in [0, 0.1) is 0 Å². The van der Waals surface area contributed by atoms with E-state index in [1.807, 2.05) is 54.6 Å². The summed E-state index contributed by atoms with van der Waals surface area (Å²) < 4.78 is 6.13. The summed E-state index contributed by atoms with van der Waals surface area (Å²) in [6, 6.07) is 21.6. The Kier molecular flexibility index (Phi) is 4.49. The van der Waals surface area contributed by atoms with Crippen LogP contribution in [0.25, 0.3) is 33.4 Å². The summed E-state index contributed by atoms with van der Waals surface area (Å²) in [5.41, 5.74) is 8.82. The number of carboxylic acids is 1. The Balaban J connectivity index is 1.78. The highest BCUT2D eigenvalue weighted by Crippen LogP contribution is 2.40. The Hall–Kier alpha value is -3.70. The normalized spacial score (nSPS) is 14.9. The fraction of sp³-hybridized carbons (Fsp3) is 0.154. The maximum atomic E-state index is 13.6. The zero-order chi connectivity index (χ0) is 21.6. The minimum absolute atomic E-state index is 0.0382. The van der Waals surface area contributed by atoms with Crippen molar-refractivity contribution in [1.82, 2.24) is 0 Å². The second kappa shape index (κ2) is 7.22. The fourth-order valence-corrected chi connectivity index (χ4v) is 4.26. The first kappa shape index (κ1) is 19.3. The first-order chi connectivity index (χ1) is 15.0. The van der Waals surface area contributed by atoms with E-state index in [1.54, 1.807) is 12.1 Å². The van der Waals surface area contributed by atoms with Gasteiger partial charge in [0.1, 0.15) is 11.3 Å². The molecule has 4 aromatic rings. The smallest absolute Gasteiger partial charge is 0.339 e. The van der Waals surface area contributed by atoms with Gasteiger partial charge in [-0.15, -0.1) is 0 Å². The average molecular weight is 411 g/mol. The van der Waals surface area contributed by atoms with Crippen molar-refractivity contribution >= 4 is 16.9 Å². The third-order valence-corrected chi connectivity index (χ3v) is 6.18. The summed E-state index contributed by atoms with van der Waals surface area (Å²) >= 11 is 0. The fourth-order valence-electron chi connectivity index (χ4n) is 4.26. The molecule has 1 aliphatic carbocycles. The molecule has 1 aromatic heterocycles. The van der Waals surface area contributed by atoms with E-state index in [4.69, 9.17) is 10.2 Å². The lowest BCUT2D eigenvalue weighted by Crippen LogP contribution is -2.43. The first-order valence-corrected chi connectivity index (χ1v) is 10.3. The van der Waals surface area contributed by atoms with Gasteiger partial charge in [-0.25, -0.2) is 4.79 Å². The highest BCUT2D eigenvalue weighted by Gasteiger charge is 2.34. The Morgan fingerprint density at radius 1 is 0.903 bits per heavy atom. The lowest BCUT2D eigenvalue weighted by atomic mass is 9.72. The minimum Gasteiger partial charge on any atom is -0.478 e. The maximum Gasteiger partial charge on any atom is 0.339 e. The lowest BCUT2D eigenvalue weighted by Gasteiger charge is -2.38. The predicted octanol–water partition coefficient (Wildman–Crippen LogP) is 5.16. The van der Waals surface area contributed by atoms with E-state index < -0.39 is 5.97 Å². The standard InChI is InChI=1S/C26H21NO4/c27-26(14-5-15-26)18-12-10-16(11-13-18)21-22(28)19-8-4-9-20(25(29)30)24(19)31-23(21)17-6-2-1-3-7-17/h1-4,6-13H,5,14-15,27H2,(H,29,30). The van der Waals surface area contributed by atoms with Crippen LogP contribution in [0.4, 0.5) is 0 Å². The van der Waals surface area contributed by atoms with E-state index in [1.165, 1.54) is 6.07 Å². The molecular formula is C26H21NO4. The number of carboxylic acid groups (broad SMARTS) is 1. The van der Waals surface area contributed by atoms with Gasteiger partial charge in [0.05, 0.1) is 10.9 Å². The van der Waals surface area contributed by atoms with Gasteiger partial charge in [0.2, 0.25) is 5.43 Å². The van der Waals surface area contributed by atoms with Crippen molar-refractivity contribution in [1.29, 1.82) is 0 Å². The number of rotatable bonds is 4. The van der Waals surface area contributed by atoms with E-state index in [0.717, 1.165) is 24.8 Å². The van der Waals surface area contributed by atoms with Crippen molar-refractivity contribution < 1.29 is 14.3 Å². The largest absolute Gasteiger partial charge is 0.478 e. The van der Waals surface area contributed by atoms with Crippen molar-refractivity contribution in [2.24, 2.45) is 5.73 Å². The molecule has 1 fully saturated rings. The zero-order valence-electron chi connectivity index (χ0n) is 16.8. The lowest BCUT2D eigenvalue weighted by molar-refractivity contribution is 0.0698. The molecule has 5 heteroatoms. The van der Waals surface area contributed by atoms with Crippen LogP contribution in [0.15, 0.2) is 82.0 Å². The molecule has 1 aliphatic rings. The molecule has 0 spiro atoms. The summed E-state index contributed by atoms with van der Waals surface area (Å²) in [5, 5.41) is 9.83. The Labute approximate surface area is 178 Å². The predicted molar refractivity (Wildman–Crippen MR) is 120 cm³/mol. The summed E-state index contributed by atoms with van der Waals surface area (Å²) in [4.78, 5) is 25.3. The Morgan fingerprint density at radius 3 is 2.23 bits per heavy atom. The van der Waals surface area contributed by atoms with Crippen molar-refractivity contribution in [3.8, 4) is 22.5 Å². The molecule has 31 heavy (non-hydrogen) atoms. The van der Waals surface area contributed by atoms with Crippen molar-refractivity contribution in [3.63, 3.8) is 0 Å². The van der Waals surface area contributed by atoms with Gasteiger partial charge in [-0.1, -0.05) is 60.7 Å². The number of hydrogen-bond donors (Lipinski definition) is 2. The quantitative estimate of drug-likeness (QED) is 0.484. The van der Waals surface area contributed by atoms with E-state index in [-0.39, 0.29) is 27.5 Å². The van der Waals surface area contributed by atoms with Gasteiger partial charge in [-0.2, -0.15) is 0 Å². The Morgan fingerprint density at radius 2 is 1.61 bits per heavy atom. The van der Waals surface area contributed by atoms with Crippen LogP contribution >= 0.6 is 0 Å². The van der Waals surface area contributed by atoms with E-state index in [0.29, 0.717) is 22.5 Å². The molecule has 0 bridgehead atoms. The zero-order valence-corrected chi connectivity index (χ0v) is 16.8. The van der Waals surface area contributed by atoms with E-state index in [9.17, 15) is 14.7 Å². The maximum absolute atomic E-state index is 13.6. The highest BCUT2D eigenvalue weighted by molar-refractivity contribution is 6.02. The van der Waals surface area contributed by atoms with Crippen LogP contribution < -0.4 is 11.2 Å². The number of fused-ring (bicyclic) bond motifs is 1. The molecule has 5 rings (SSSR count). The van der Waals surface area contributed by atoms with Crippen molar-refractivity contribution in [2.75, 3.05) is 0 Å². The molecule has 1 heterocycles. The average Bonchev–Trinajstić information content (AvgIpc) is 2.77. The van der Waals surface area contributed by atoms with Crippen LogP contribution in [0.1, 0.15) is 35.2 Å². The second-order valence-corrected chi connectivity index (χ2v) is 8.08. The molecule has 5 nitrogen and oxygen atoms in total. The molecule has 0 radical (unpaired) electrons. The number of carbonyl (C=O) groups is 1. The SMILES string of the molecule is NC1(c2ccc(-c3c(-c4ccccc4)oc4c(C(=O)O)cccc4c3=O)cc2)CCC1. The van der Waals surface area contributed by atoms with Gasteiger partial charge in [-0.3, -0.25) is 4.79 Å². The van der Waals surface area contributed by atoms with Gasteiger partial charge in [0.15, 0.2) is 5.58 Å². The molecule has 0 amide bonds. The minimum atomic E-state index is -1.14. The number of nitrogens with two attached hydrogens (primary N) is 1. The van der Waals surface area contributed by atoms with Gasteiger partial charge in [0.25, 0.3) is 0 Å². The summed E-state index contributed by atoms with van der Waals surface area (Å²) in [6.45, 7) is 0. The topological polar surface area (TPSA) is 93.5 Å². The number of para-hydroxylation sites is 1. The summed E-state index contributed by atoms with van der Waals surface area (Å²) in [7, 11) is 0. The van der Waals surface area contributed by atoms with Crippen molar-refractivity contribution in [2.45, 2.75) is 24.8 Å². The van der Waals surface area contributed by atoms with Gasteiger partial charge in [-0.05, 0) is 42.5 Å².